The molecule has 0 aliphatic heterocycles. The fourth-order valence-electron chi connectivity index (χ4n) is 2.22. The van der Waals surface area contributed by atoms with Crippen LogP contribution in [0.25, 0.3) is 0 Å². The number of pyridine rings is 1. The van der Waals surface area contributed by atoms with E-state index in [4.69, 9.17) is 7.85 Å². The van der Waals surface area contributed by atoms with Gasteiger partial charge in [0.1, 0.15) is 0 Å². The zero-order chi connectivity index (χ0) is 14.8. The van der Waals surface area contributed by atoms with E-state index in [1.165, 1.54) is 0 Å². The van der Waals surface area contributed by atoms with E-state index in [1.807, 2.05) is 18.5 Å². The van der Waals surface area contributed by atoms with Gasteiger partial charge in [-0.1, -0.05) is 0 Å². The molecule has 102 valence electrons. The molecule has 1 aromatic rings. The van der Waals surface area contributed by atoms with Crippen molar-refractivity contribution in [1.82, 2.24) is 9.88 Å². The zero-order valence-electron chi connectivity index (χ0n) is 12.1. The fourth-order valence-corrected chi connectivity index (χ4v) is 2.22. The van der Waals surface area contributed by atoms with Crippen molar-refractivity contribution < 1.29 is 4.79 Å². The average Bonchev–Trinajstić information content (AvgIpc) is 2.35. The molecule has 0 saturated heterocycles. The number of hydrogen-bond acceptors (Lipinski definition) is 3. The number of aromatic nitrogens is 1. The van der Waals surface area contributed by atoms with Crippen LogP contribution in [-0.2, 0) is 17.3 Å². The lowest BCUT2D eigenvalue weighted by atomic mass is 9.82. The normalized spacial score (nSPS) is 11.2. The molecule has 6 heteroatoms. The Bertz CT molecular complexity index is 550. The first-order chi connectivity index (χ1) is 8.77. The summed E-state index contributed by atoms with van der Waals surface area (Å²) in [6, 6.07) is 0. The van der Waals surface area contributed by atoms with Crippen LogP contribution in [0.4, 0.5) is 5.69 Å². The van der Waals surface area contributed by atoms with Gasteiger partial charge >= 0.3 is 0 Å². The molecule has 1 rings (SSSR count). The van der Waals surface area contributed by atoms with Crippen LogP contribution in [0.1, 0.15) is 25.1 Å². The molecule has 0 aromatic carbocycles. The molecule has 1 amide bonds. The number of nitrogens with one attached hydrogen (secondary N) is 2. The third-order valence-electron chi connectivity index (χ3n) is 3.40. The lowest BCUT2D eigenvalue weighted by Gasteiger charge is -2.26. The molecule has 0 fully saturated rings. The molecule has 5 nitrogen and oxygen atoms in total. The molecule has 2 N–H and O–H groups in total. The molecule has 0 spiro atoms. The van der Waals surface area contributed by atoms with Gasteiger partial charge in [-0.15, -0.1) is 0 Å². The first kappa shape index (κ1) is 15.3. The number of amides is 1. The Morgan fingerprint density at radius 1 is 1.47 bits per heavy atom. The van der Waals surface area contributed by atoms with Crippen molar-refractivity contribution in [3.05, 3.63) is 27.7 Å². The minimum atomic E-state index is -0.903. The Kier molecular flexibility index (Phi) is 4.45. The summed E-state index contributed by atoms with van der Waals surface area (Å²) in [5, 5.41) is 5.42. The number of hydrogen-bond donors (Lipinski definition) is 2. The maximum absolute atomic E-state index is 12.5. The number of carbonyl (C=O) groups is 1. The Morgan fingerprint density at radius 3 is 2.53 bits per heavy atom. The van der Waals surface area contributed by atoms with Gasteiger partial charge in [0, 0.05) is 31.5 Å². The summed E-state index contributed by atoms with van der Waals surface area (Å²) in [6.07, 6.45) is 1.85. The highest BCUT2D eigenvalue weighted by Crippen LogP contribution is 2.24. The van der Waals surface area contributed by atoms with Crippen LogP contribution < -0.4 is 16.1 Å². The van der Waals surface area contributed by atoms with E-state index >= 15 is 0 Å². The Balaban J connectivity index is 3.58. The third-order valence-corrected chi connectivity index (χ3v) is 3.40. The zero-order valence-corrected chi connectivity index (χ0v) is 12.1. The smallest absolute Gasteiger partial charge is 0.230 e. The lowest BCUT2D eigenvalue weighted by Crippen LogP contribution is -2.43. The number of carbonyl (C=O) groups excluding carboxylic acids is 1. The summed E-state index contributed by atoms with van der Waals surface area (Å²) in [7, 11) is 8.82. The maximum atomic E-state index is 12.5. The predicted octanol–water partition coefficient (Wildman–Crippen LogP) is 0.255. The monoisotopic (exact) mass is 261 g/mol. The highest BCUT2D eigenvalue weighted by molar-refractivity contribution is 6.10. The summed E-state index contributed by atoms with van der Waals surface area (Å²) in [6.45, 7) is 5.30. The molecular weight excluding hydrogens is 241 g/mol. The Morgan fingerprint density at radius 2 is 2.05 bits per heavy atom. The summed E-state index contributed by atoms with van der Waals surface area (Å²) in [5.74, 6) is -0.197. The van der Waals surface area contributed by atoms with Crippen LogP contribution in [-0.4, -0.2) is 31.8 Å². The van der Waals surface area contributed by atoms with Crippen molar-refractivity contribution in [3.63, 3.8) is 0 Å². The minimum Gasteiger partial charge on any atom is -0.390 e. The molecule has 0 unspecified atom stereocenters. The number of aryl methyl sites for hydroxylation is 1. The topological polar surface area (TPSA) is 63.1 Å². The van der Waals surface area contributed by atoms with Crippen molar-refractivity contribution in [2.24, 2.45) is 7.05 Å². The van der Waals surface area contributed by atoms with E-state index < -0.39 is 5.41 Å². The van der Waals surface area contributed by atoms with Gasteiger partial charge in [-0.2, -0.15) is 0 Å². The predicted molar refractivity (Wildman–Crippen MR) is 77.8 cm³/mol. The first-order valence-electron chi connectivity index (χ1n) is 6.14. The molecule has 1 heterocycles. The van der Waals surface area contributed by atoms with Gasteiger partial charge in [0.25, 0.3) is 0 Å². The van der Waals surface area contributed by atoms with Crippen molar-refractivity contribution >= 4 is 19.4 Å². The summed E-state index contributed by atoms with van der Waals surface area (Å²) < 4.78 is 1.82. The van der Waals surface area contributed by atoms with E-state index in [0.29, 0.717) is 11.3 Å². The van der Waals surface area contributed by atoms with Crippen molar-refractivity contribution in [1.29, 1.82) is 0 Å². The van der Waals surface area contributed by atoms with Crippen molar-refractivity contribution in [2.45, 2.75) is 26.2 Å². The average molecular weight is 261 g/mol. The molecule has 0 saturated carbocycles. The SMILES string of the molecule is [B]CNc1cn(C)c(C)c(C(C)(C)C(=O)NC)c1=O. The van der Waals surface area contributed by atoms with Gasteiger partial charge in [-0.25, -0.2) is 0 Å². The van der Waals surface area contributed by atoms with Crippen LogP contribution in [0.3, 0.4) is 0 Å². The first-order valence-corrected chi connectivity index (χ1v) is 6.14. The molecule has 1 aromatic heterocycles. The molecule has 0 bridgehead atoms. The lowest BCUT2D eigenvalue weighted by molar-refractivity contribution is -0.125. The molecule has 19 heavy (non-hydrogen) atoms. The van der Waals surface area contributed by atoms with Gasteiger partial charge in [0.15, 0.2) is 0 Å². The largest absolute Gasteiger partial charge is 0.390 e. The summed E-state index contributed by atoms with van der Waals surface area (Å²) in [4.78, 5) is 24.5. The van der Waals surface area contributed by atoms with Crippen LogP contribution >= 0.6 is 0 Å². The van der Waals surface area contributed by atoms with Gasteiger partial charge < -0.3 is 15.2 Å². The van der Waals surface area contributed by atoms with Crippen LogP contribution in [0, 0.1) is 6.92 Å². The van der Waals surface area contributed by atoms with Crippen LogP contribution in [0.2, 0.25) is 0 Å². The number of rotatable bonds is 4. The molecular formula is C13H20BN3O2. The Labute approximate surface area is 114 Å². The van der Waals surface area contributed by atoms with Gasteiger partial charge in [0.05, 0.1) is 18.9 Å². The highest BCUT2D eigenvalue weighted by Gasteiger charge is 2.34. The second kappa shape index (κ2) is 5.51. The molecule has 0 aliphatic carbocycles. The van der Waals surface area contributed by atoms with E-state index in [-0.39, 0.29) is 17.8 Å². The minimum absolute atomic E-state index is 0.165. The van der Waals surface area contributed by atoms with Crippen molar-refractivity contribution in [3.8, 4) is 0 Å². The number of anilines is 1. The number of likely N-dealkylation sites (N-methyl/N-ethyl adjacent to an activating group) is 1. The number of nitrogens with zero attached hydrogens (tertiary/aromatic N) is 1. The van der Waals surface area contributed by atoms with Gasteiger partial charge in [-0.3, -0.25) is 9.59 Å². The summed E-state index contributed by atoms with van der Waals surface area (Å²) in [5.41, 5.74) is 0.561. The van der Waals surface area contributed by atoms with Crippen molar-refractivity contribution in [2.75, 3.05) is 18.8 Å². The quantitative estimate of drug-likeness (QED) is 0.764. The van der Waals surface area contributed by atoms with Crippen LogP contribution in [0.5, 0.6) is 0 Å². The van der Waals surface area contributed by atoms with E-state index in [0.717, 1.165) is 5.69 Å². The Hall–Kier alpha value is -1.72. The fraction of sp³-hybridized carbons (Fsp3) is 0.538. The third kappa shape index (κ3) is 2.67. The van der Waals surface area contributed by atoms with Gasteiger partial charge in [0.2, 0.25) is 11.3 Å². The summed E-state index contributed by atoms with van der Waals surface area (Å²) >= 11 is 0. The van der Waals surface area contributed by atoms with E-state index in [1.54, 1.807) is 27.1 Å². The molecule has 2 radical (unpaired) electrons. The second-order valence-corrected chi connectivity index (χ2v) is 5.03. The second-order valence-electron chi connectivity index (χ2n) is 5.03. The standard InChI is InChI=1S/C13H20BN3O2/c1-8-10(13(2,3)12(19)15-4)11(18)9(16-7-14)6-17(8)5/h6,16H,7H2,1-5H3,(H,15,19). The molecule has 0 atom stereocenters. The van der Waals surface area contributed by atoms with E-state index in [9.17, 15) is 9.59 Å². The molecule has 0 aliphatic rings. The maximum Gasteiger partial charge on any atom is 0.230 e. The highest BCUT2D eigenvalue weighted by atomic mass is 16.2. The van der Waals surface area contributed by atoms with Crippen LogP contribution in [0.15, 0.2) is 11.0 Å². The van der Waals surface area contributed by atoms with Gasteiger partial charge in [-0.05, 0) is 27.2 Å². The van der Waals surface area contributed by atoms with E-state index in [2.05, 4.69) is 10.6 Å².